The Balaban J connectivity index is 1.65. The quantitative estimate of drug-likeness (QED) is 0.425. The van der Waals surface area contributed by atoms with Gasteiger partial charge in [0.15, 0.2) is 5.82 Å². The van der Waals surface area contributed by atoms with Crippen molar-refractivity contribution in [1.82, 2.24) is 14.9 Å². The zero-order valence-corrected chi connectivity index (χ0v) is 16.8. The molecular weight excluding hydrogens is 470 g/mol. The maximum absolute atomic E-state index is 12.1. The number of anilines is 1. The van der Waals surface area contributed by atoms with Crippen molar-refractivity contribution in [1.29, 1.82) is 0 Å². The van der Waals surface area contributed by atoms with Crippen molar-refractivity contribution in [3.63, 3.8) is 0 Å². The van der Waals surface area contributed by atoms with E-state index >= 15 is 0 Å². The first-order valence-corrected chi connectivity index (χ1v) is 9.75. The molecule has 1 heterocycles. The Morgan fingerprint density at radius 3 is 2.56 bits per heavy atom. The van der Waals surface area contributed by atoms with Gasteiger partial charge in [0.2, 0.25) is 11.1 Å². The molecule has 2 aromatic carbocycles. The van der Waals surface area contributed by atoms with Crippen LogP contribution in [0.1, 0.15) is 0 Å². The Morgan fingerprint density at radius 1 is 1.12 bits per heavy atom. The van der Waals surface area contributed by atoms with Crippen LogP contribution in [0.25, 0.3) is 11.4 Å². The SMILES string of the molecule is Nn1c(SCC(=O)Nc2ccc(Br)cc2)nnc1-c1ccccc1Br. The summed E-state index contributed by atoms with van der Waals surface area (Å²) in [7, 11) is 0. The number of halogens is 2. The lowest BCUT2D eigenvalue weighted by atomic mass is 10.2. The third-order valence-electron chi connectivity index (χ3n) is 3.24. The van der Waals surface area contributed by atoms with Gasteiger partial charge in [0, 0.05) is 20.2 Å². The minimum atomic E-state index is -0.141. The highest BCUT2D eigenvalue weighted by molar-refractivity contribution is 9.10. The van der Waals surface area contributed by atoms with E-state index < -0.39 is 0 Å². The van der Waals surface area contributed by atoms with Gasteiger partial charge in [0.25, 0.3) is 0 Å². The van der Waals surface area contributed by atoms with Gasteiger partial charge in [0.1, 0.15) is 0 Å². The van der Waals surface area contributed by atoms with Gasteiger partial charge in [-0.2, -0.15) is 0 Å². The van der Waals surface area contributed by atoms with Crippen molar-refractivity contribution in [3.8, 4) is 11.4 Å². The summed E-state index contributed by atoms with van der Waals surface area (Å²) < 4.78 is 3.21. The number of nitrogens with zero attached hydrogens (tertiary/aromatic N) is 3. The molecule has 25 heavy (non-hydrogen) atoms. The summed E-state index contributed by atoms with van der Waals surface area (Å²) in [5.74, 6) is 6.64. The van der Waals surface area contributed by atoms with Crippen LogP contribution in [-0.2, 0) is 4.79 Å². The number of thioether (sulfide) groups is 1. The van der Waals surface area contributed by atoms with Gasteiger partial charge in [-0.05, 0) is 36.4 Å². The number of rotatable bonds is 5. The molecule has 9 heteroatoms. The van der Waals surface area contributed by atoms with E-state index in [1.807, 2.05) is 48.5 Å². The van der Waals surface area contributed by atoms with Crippen molar-refractivity contribution < 1.29 is 4.79 Å². The number of benzene rings is 2. The Bertz CT molecular complexity index is 898. The smallest absolute Gasteiger partial charge is 0.234 e. The highest BCUT2D eigenvalue weighted by Gasteiger charge is 2.15. The molecule has 128 valence electrons. The van der Waals surface area contributed by atoms with Gasteiger partial charge in [-0.3, -0.25) is 4.79 Å². The maximum atomic E-state index is 12.1. The number of amides is 1. The average Bonchev–Trinajstić information content (AvgIpc) is 2.96. The van der Waals surface area contributed by atoms with Crippen molar-refractivity contribution >= 4 is 55.2 Å². The van der Waals surface area contributed by atoms with E-state index in [1.165, 1.54) is 16.4 Å². The zero-order chi connectivity index (χ0) is 17.8. The number of nitrogens with two attached hydrogens (primary N) is 1. The van der Waals surface area contributed by atoms with Crippen LogP contribution in [0.5, 0.6) is 0 Å². The monoisotopic (exact) mass is 481 g/mol. The molecule has 0 saturated carbocycles. The summed E-state index contributed by atoms with van der Waals surface area (Å²) >= 11 is 8.05. The van der Waals surface area contributed by atoms with E-state index in [4.69, 9.17) is 5.84 Å². The Labute approximate surface area is 165 Å². The van der Waals surface area contributed by atoms with E-state index in [2.05, 4.69) is 47.4 Å². The van der Waals surface area contributed by atoms with Crippen molar-refractivity contribution in [3.05, 3.63) is 57.5 Å². The van der Waals surface area contributed by atoms with Crippen LogP contribution < -0.4 is 11.2 Å². The second-order valence-electron chi connectivity index (χ2n) is 5.00. The molecule has 3 aromatic rings. The fraction of sp³-hybridized carbons (Fsp3) is 0.0625. The third kappa shape index (κ3) is 4.42. The highest BCUT2D eigenvalue weighted by Crippen LogP contribution is 2.27. The predicted molar refractivity (Wildman–Crippen MR) is 107 cm³/mol. The molecule has 0 saturated heterocycles. The van der Waals surface area contributed by atoms with Gasteiger partial charge in [-0.15, -0.1) is 10.2 Å². The van der Waals surface area contributed by atoms with Gasteiger partial charge in [0.05, 0.1) is 5.75 Å². The van der Waals surface area contributed by atoms with Gasteiger partial charge < -0.3 is 11.2 Å². The molecule has 0 radical (unpaired) electrons. The summed E-state index contributed by atoms with van der Waals surface area (Å²) in [5, 5.41) is 11.5. The van der Waals surface area contributed by atoms with E-state index in [1.54, 1.807) is 0 Å². The predicted octanol–water partition coefficient (Wildman–Crippen LogP) is 3.91. The largest absolute Gasteiger partial charge is 0.335 e. The number of carbonyl (C=O) groups excluding carboxylic acids is 1. The number of nitrogen functional groups attached to an aromatic ring is 1. The zero-order valence-electron chi connectivity index (χ0n) is 12.8. The molecular formula is C16H13Br2N5OS. The summed E-state index contributed by atoms with van der Waals surface area (Å²) in [4.78, 5) is 12.1. The highest BCUT2D eigenvalue weighted by atomic mass is 79.9. The minimum absolute atomic E-state index is 0.141. The topological polar surface area (TPSA) is 85.8 Å². The van der Waals surface area contributed by atoms with Crippen molar-refractivity contribution in [2.75, 3.05) is 16.9 Å². The molecule has 0 spiro atoms. The van der Waals surface area contributed by atoms with E-state index in [0.717, 1.165) is 20.2 Å². The fourth-order valence-corrected chi connectivity index (χ4v) is 3.44. The molecule has 3 N–H and O–H groups in total. The lowest BCUT2D eigenvalue weighted by Gasteiger charge is -2.06. The summed E-state index contributed by atoms with van der Waals surface area (Å²) in [6.07, 6.45) is 0. The molecule has 0 fully saturated rings. The van der Waals surface area contributed by atoms with Crippen LogP contribution in [0.4, 0.5) is 5.69 Å². The molecule has 6 nitrogen and oxygen atoms in total. The van der Waals surface area contributed by atoms with E-state index in [-0.39, 0.29) is 11.7 Å². The molecule has 1 aromatic heterocycles. The number of nitrogens with one attached hydrogen (secondary N) is 1. The fourth-order valence-electron chi connectivity index (χ4n) is 2.06. The van der Waals surface area contributed by atoms with E-state index in [0.29, 0.717) is 11.0 Å². The van der Waals surface area contributed by atoms with Crippen molar-refractivity contribution in [2.24, 2.45) is 0 Å². The minimum Gasteiger partial charge on any atom is -0.335 e. The molecule has 0 atom stereocenters. The maximum Gasteiger partial charge on any atom is 0.234 e. The van der Waals surface area contributed by atoms with Crippen LogP contribution in [0.3, 0.4) is 0 Å². The molecule has 0 unspecified atom stereocenters. The second kappa shape index (κ2) is 8.03. The summed E-state index contributed by atoms with van der Waals surface area (Å²) in [6, 6.07) is 15.0. The lowest BCUT2D eigenvalue weighted by Crippen LogP contribution is -2.16. The Morgan fingerprint density at radius 2 is 1.84 bits per heavy atom. The number of aromatic nitrogens is 3. The standard InChI is InChI=1S/C16H13Br2N5OS/c17-10-5-7-11(8-6-10)20-14(24)9-25-16-22-21-15(23(16)19)12-3-1-2-4-13(12)18/h1-8H,9,19H2,(H,20,24). The van der Waals surface area contributed by atoms with Crippen LogP contribution in [0, 0.1) is 0 Å². The number of hydrogen-bond donors (Lipinski definition) is 2. The molecule has 0 aliphatic heterocycles. The molecule has 1 amide bonds. The summed E-state index contributed by atoms with van der Waals surface area (Å²) in [5.41, 5.74) is 1.57. The molecule has 0 bridgehead atoms. The normalized spacial score (nSPS) is 10.6. The van der Waals surface area contributed by atoms with Gasteiger partial charge in [-0.25, -0.2) is 4.68 Å². The lowest BCUT2D eigenvalue weighted by molar-refractivity contribution is -0.113. The Hall–Kier alpha value is -1.84. The Kier molecular flexibility index (Phi) is 5.77. The van der Waals surface area contributed by atoms with Crippen LogP contribution in [-0.4, -0.2) is 26.5 Å². The van der Waals surface area contributed by atoms with Crippen LogP contribution in [0.2, 0.25) is 0 Å². The molecule has 0 aliphatic carbocycles. The summed E-state index contributed by atoms with van der Waals surface area (Å²) in [6.45, 7) is 0. The van der Waals surface area contributed by atoms with E-state index in [9.17, 15) is 4.79 Å². The van der Waals surface area contributed by atoms with Crippen molar-refractivity contribution in [2.45, 2.75) is 5.16 Å². The van der Waals surface area contributed by atoms with Crippen LogP contribution >= 0.6 is 43.6 Å². The third-order valence-corrected chi connectivity index (χ3v) is 5.40. The van der Waals surface area contributed by atoms with Crippen LogP contribution in [0.15, 0.2) is 62.6 Å². The number of carbonyl (C=O) groups is 1. The van der Waals surface area contributed by atoms with Gasteiger partial charge >= 0.3 is 0 Å². The second-order valence-corrected chi connectivity index (χ2v) is 7.71. The van der Waals surface area contributed by atoms with Gasteiger partial charge in [-0.1, -0.05) is 55.8 Å². The first kappa shape index (κ1) is 18.0. The number of hydrogen-bond acceptors (Lipinski definition) is 5. The molecule has 0 aliphatic rings. The first-order chi connectivity index (χ1) is 12.0. The average molecular weight is 483 g/mol. The molecule has 3 rings (SSSR count). The first-order valence-electron chi connectivity index (χ1n) is 7.18.